The molecule has 1 aromatic carbocycles. The van der Waals surface area contributed by atoms with E-state index in [-0.39, 0.29) is 0 Å². The van der Waals surface area contributed by atoms with Crippen LogP contribution in [0.3, 0.4) is 0 Å². The van der Waals surface area contributed by atoms with Crippen LogP contribution in [0.1, 0.15) is 17.0 Å². The molecule has 0 unspecified atom stereocenters. The van der Waals surface area contributed by atoms with E-state index in [1.165, 1.54) is 0 Å². The van der Waals surface area contributed by atoms with Crippen LogP contribution in [0.15, 0.2) is 53.2 Å². The lowest BCUT2D eigenvalue weighted by Gasteiger charge is -1.97. The van der Waals surface area contributed by atoms with Gasteiger partial charge in [0, 0.05) is 18.1 Å². The zero-order chi connectivity index (χ0) is 15.8. The Kier molecular flexibility index (Phi) is 3.08. The van der Waals surface area contributed by atoms with E-state index in [9.17, 15) is 0 Å². The van der Waals surface area contributed by atoms with Gasteiger partial charge in [0.05, 0.1) is 6.42 Å². The number of fused-ring (bicyclic) bond motifs is 1. The number of benzene rings is 1. The van der Waals surface area contributed by atoms with Crippen molar-refractivity contribution in [2.75, 3.05) is 5.73 Å². The maximum Gasteiger partial charge on any atom is 0.267 e. The Hall–Kier alpha value is -3.15. The lowest BCUT2D eigenvalue weighted by Crippen LogP contribution is -1.90. The van der Waals surface area contributed by atoms with Gasteiger partial charge in [-0.3, -0.25) is 0 Å². The second-order valence-electron chi connectivity index (χ2n) is 5.52. The smallest absolute Gasteiger partial charge is 0.267 e. The number of pyridine rings is 1. The van der Waals surface area contributed by atoms with Gasteiger partial charge in [-0.1, -0.05) is 12.1 Å². The first-order chi connectivity index (χ1) is 11.2. The molecule has 4 aromatic rings. The summed E-state index contributed by atoms with van der Waals surface area (Å²) in [5.74, 6) is 0.981. The molecule has 23 heavy (non-hydrogen) atoms. The Balaban J connectivity index is 1.62. The second-order valence-corrected chi connectivity index (χ2v) is 5.52. The van der Waals surface area contributed by atoms with Crippen molar-refractivity contribution < 1.29 is 4.42 Å². The van der Waals surface area contributed by atoms with Crippen LogP contribution in [0.2, 0.25) is 0 Å². The zero-order valence-electron chi connectivity index (χ0n) is 12.6. The second kappa shape index (κ2) is 5.24. The van der Waals surface area contributed by atoms with E-state index >= 15 is 0 Å². The summed E-state index contributed by atoms with van der Waals surface area (Å²) >= 11 is 0. The number of nitrogen functional groups attached to an aromatic ring is 1. The molecule has 0 spiro atoms. The quantitative estimate of drug-likeness (QED) is 0.588. The van der Waals surface area contributed by atoms with Crippen molar-refractivity contribution in [3.05, 3.63) is 65.8 Å². The van der Waals surface area contributed by atoms with Crippen LogP contribution in [-0.2, 0) is 6.42 Å². The van der Waals surface area contributed by atoms with Crippen molar-refractivity contribution in [1.29, 1.82) is 0 Å². The standard InChI is InChI=1S/C17H15N5O/c1-11-6-7-22-10-14(19-15(22)8-11)17-21-20-16(23-17)9-12-2-4-13(18)5-3-12/h2-8,10H,9,18H2,1H3. The number of hydrogen-bond acceptors (Lipinski definition) is 5. The molecule has 0 fully saturated rings. The number of hydrogen-bond donors (Lipinski definition) is 1. The van der Waals surface area contributed by atoms with Crippen molar-refractivity contribution in [3.8, 4) is 11.6 Å². The van der Waals surface area contributed by atoms with Gasteiger partial charge in [-0.2, -0.15) is 0 Å². The summed E-state index contributed by atoms with van der Waals surface area (Å²) in [4.78, 5) is 4.53. The van der Waals surface area contributed by atoms with E-state index in [1.54, 1.807) is 0 Å². The fourth-order valence-corrected chi connectivity index (χ4v) is 2.43. The van der Waals surface area contributed by atoms with Crippen molar-refractivity contribution in [2.45, 2.75) is 13.3 Å². The van der Waals surface area contributed by atoms with E-state index in [1.807, 2.05) is 60.1 Å². The maximum absolute atomic E-state index is 5.73. The molecule has 0 atom stereocenters. The van der Waals surface area contributed by atoms with Gasteiger partial charge in [-0.25, -0.2) is 4.98 Å². The largest absolute Gasteiger partial charge is 0.419 e. The molecule has 0 radical (unpaired) electrons. The van der Waals surface area contributed by atoms with Gasteiger partial charge in [0.1, 0.15) is 11.3 Å². The van der Waals surface area contributed by atoms with Crippen LogP contribution in [0, 0.1) is 6.92 Å². The Bertz CT molecular complexity index is 968. The first-order valence-corrected chi connectivity index (χ1v) is 7.30. The lowest BCUT2D eigenvalue weighted by molar-refractivity contribution is 0.516. The number of nitrogens with two attached hydrogens (primary N) is 1. The van der Waals surface area contributed by atoms with Gasteiger partial charge in [0.2, 0.25) is 5.89 Å². The lowest BCUT2D eigenvalue weighted by atomic mass is 10.1. The number of aryl methyl sites for hydroxylation is 1. The van der Waals surface area contributed by atoms with Crippen LogP contribution in [0.5, 0.6) is 0 Å². The highest BCUT2D eigenvalue weighted by Gasteiger charge is 2.12. The third-order valence-corrected chi connectivity index (χ3v) is 3.64. The van der Waals surface area contributed by atoms with Crippen LogP contribution < -0.4 is 5.73 Å². The van der Waals surface area contributed by atoms with E-state index in [0.717, 1.165) is 22.5 Å². The minimum Gasteiger partial charge on any atom is -0.419 e. The number of nitrogens with zero attached hydrogens (tertiary/aromatic N) is 4. The van der Waals surface area contributed by atoms with Crippen LogP contribution in [0.4, 0.5) is 5.69 Å². The van der Waals surface area contributed by atoms with Gasteiger partial charge in [0.25, 0.3) is 5.89 Å². The van der Waals surface area contributed by atoms with E-state index in [0.29, 0.717) is 23.9 Å². The summed E-state index contributed by atoms with van der Waals surface area (Å²) in [5.41, 5.74) is 10.2. The van der Waals surface area contributed by atoms with Gasteiger partial charge in [0.15, 0.2) is 0 Å². The molecule has 0 saturated heterocycles. The highest BCUT2D eigenvalue weighted by atomic mass is 16.4. The number of rotatable bonds is 3. The first kappa shape index (κ1) is 13.5. The molecule has 3 aromatic heterocycles. The van der Waals surface area contributed by atoms with Crippen molar-refractivity contribution in [3.63, 3.8) is 0 Å². The summed E-state index contributed by atoms with van der Waals surface area (Å²) in [6.07, 6.45) is 4.42. The predicted molar refractivity (Wildman–Crippen MR) is 86.9 cm³/mol. The Labute approximate surface area is 132 Å². The molecule has 0 saturated carbocycles. The summed E-state index contributed by atoms with van der Waals surface area (Å²) in [6.45, 7) is 2.03. The zero-order valence-corrected chi connectivity index (χ0v) is 12.6. The Morgan fingerprint density at radius 1 is 1.13 bits per heavy atom. The fraction of sp³-hybridized carbons (Fsp3) is 0.118. The molecule has 0 bridgehead atoms. The third kappa shape index (κ3) is 2.66. The maximum atomic E-state index is 5.73. The number of aromatic nitrogens is 4. The average Bonchev–Trinajstić information content (AvgIpc) is 3.15. The number of anilines is 1. The van der Waals surface area contributed by atoms with Gasteiger partial charge in [-0.05, 0) is 42.3 Å². The monoisotopic (exact) mass is 305 g/mol. The molecule has 4 rings (SSSR count). The molecule has 6 nitrogen and oxygen atoms in total. The molecule has 0 aliphatic heterocycles. The van der Waals surface area contributed by atoms with Crippen LogP contribution >= 0.6 is 0 Å². The Morgan fingerprint density at radius 2 is 1.96 bits per heavy atom. The van der Waals surface area contributed by atoms with E-state index in [2.05, 4.69) is 15.2 Å². The predicted octanol–water partition coefficient (Wildman–Crippen LogP) is 2.87. The highest BCUT2D eigenvalue weighted by molar-refractivity contribution is 5.54. The molecular formula is C17H15N5O. The molecule has 6 heteroatoms. The number of imidazole rings is 1. The topological polar surface area (TPSA) is 82.2 Å². The average molecular weight is 305 g/mol. The molecule has 114 valence electrons. The van der Waals surface area contributed by atoms with Gasteiger partial charge in [-0.15, -0.1) is 10.2 Å². The SMILES string of the molecule is Cc1ccn2cc(-c3nnc(Cc4ccc(N)cc4)o3)nc2c1. The highest BCUT2D eigenvalue weighted by Crippen LogP contribution is 2.20. The summed E-state index contributed by atoms with van der Waals surface area (Å²) < 4.78 is 7.67. The minimum absolute atomic E-state index is 0.428. The van der Waals surface area contributed by atoms with Crippen molar-refractivity contribution >= 4 is 11.3 Å². The molecule has 2 N–H and O–H groups in total. The van der Waals surface area contributed by atoms with E-state index in [4.69, 9.17) is 10.2 Å². The van der Waals surface area contributed by atoms with Crippen molar-refractivity contribution in [1.82, 2.24) is 19.6 Å². The molecule has 3 heterocycles. The molecular weight excluding hydrogens is 290 g/mol. The van der Waals surface area contributed by atoms with Crippen LogP contribution in [-0.4, -0.2) is 19.6 Å². The summed E-state index contributed by atoms with van der Waals surface area (Å²) in [5, 5.41) is 8.20. The first-order valence-electron chi connectivity index (χ1n) is 7.30. The molecule has 0 aliphatic rings. The minimum atomic E-state index is 0.428. The molecule has 0 amide bonds. The van der Waals surface area contributed by atoms with Crippen LogP contribution in [0.25, 0.3) is 17.2 Å². The third-order valence-electron chi connectivity index (χ3n) is 3.64. The molecule has 0 aliphatic carbocycles. The fourth-order valence-electron chi connectivity index (χ4n) is 2.43. The summed E-state index contributed by atoms with van der Waals surface area (Å²) in [6, 6.07) is 11.7. The van der Waals surface area contributed by atoms with Gasteiger partial charge < -0.3 is 14.6 Å². The van der Waals surface area contributed by atoms with Crippen molar-refractivity contribution in [2.24, 2.45) is 0 Å². The normalized spacial score (nSPS) is 11.2. The summed E-state index contributed by atoms with van der Waals surface area (Å²) in [7, 11) is 0. The Morgan fingerprint density at radius 3 is 2.78 bits per heavy atom. The van der Waals surface area contributed by atoms with Gasteiger partial charge >= 0.3 is 0 Å². The van der Waals surface area contributed by atoms with E-state index < -0.39 is 0 Å².